The van der Waals surface area contributed by atoms with Crippen molar-refractivity contribution in [1.82, 2.24) is 5.32 Å². The van der Waals surface area contributed by atoms with Crippen molar-refractivity contribution in [2.75, 3.05) is 13.4 Å². The van der Waals surface area contributed by atoms with Gasteiger partial charge in [-0.05, 0) is 64.8 Å². The second-order valence-corrected chi connectivity index (χ2v) is 8.26. The highest BCUT2D eigenvalue weighted by Gasteiger charge is 2.14. The summed E-state index contributed by atoms with van der Waals surface area (Å²) in [4.78, 5) is 12.5. The molecule has 1 atom stereocenters. The predicted octanol–water partition coefficient (Wildman–Crippen LogP) is 3.35. The van der Waals surface area contributed by atoms with Crippen LogP contribution in [0.2, 0.25) is 0 Å². The minimum atomic E-state index is -3.27. The Bertz CT molecular complexity index is 847. The molecule has 128 valence electrons. The number of hydrogen-bond acceptors (Lipinski definition) is 4. The third-order valence-corrected chi connectivity index (χ3v) is 5.32. The number of amides is 1. The number of hydrogen-bond donors (Lipinski definition) is 1. The first-order valence-corrected chi connectivity index (χ1v) is 9.85. The molecule has 2 aromatic carbocycles. The molecule has 24 heavy (non-hydrogen) atoms. The maximum absolute atomic E-state index is 12.3. The number of carbonyl (C=O) groups excluding carboxylic acids is 1. The number of rotatable bonds is 5. The summed E-state index contributed by atoms with van der Waals surface area (Å²) in [5, 5.41) is 2.89. The lowest BCUT2D eigenvalue weighted by molar-refractivity contribution is 0.0940. The van der Waals surface area contributed by atoms with Crippen LogP contribution in [0.15, 0.2) is 51.8 Å². The third-order valence-electron chi connectivity index (χ3n) is 3.57. The molecule has 0 aliphatic heterocycles. The van der Waals surface area contributed by atoms with Crippen molar-refractivity contribution in [3.8, 4) is 5.75 Å². The van der Waals surface area contributed by atoms with E-state index >= 15 is 0 Å². The van der Waals surface area contributed by atoms with Crippen LogP contribution in [0, 0.1) is 0 Å². The average molecular weight is 412 g/mol. The average Bonchev–Trinajstić information content (AvgIpc) is 2.54. The Kier molecular flexibility index (Phi) is 5.66. The van der Waals surface area contributed by atoms with Crippen molar-refractivity contribution in [3.63, 3.8) is 0 Å². The van der Waals surface area contributed by atoms with Gasteiger partial charge in [0.05, 0.1) is 22.5 Å². The Labute approximate surface area is 150 Å². The first-order chi connectivity index (χ1) is 11.2. The van der Waals surface area contributed by atoms with Gasteiger partial charge in [0.2, 0.25) is 0 Å². The minimum absolute atomic E-state index is 0.186. The van der Waals surface area contributed by atoms with Gasteiger partial charge in [-0.1, -0.05) is 6.07 Å². The molecule has 7 heteroatoms. The molecule has 0 unspecified atom stereocenters. The quantitative estimate of drug-likeness (QED) is 0.818. The molecule has 0 fully saturated rings. The van der Waals surface area contributed by atoms with E-state index < -0.39 is 9.84 Å². The largest absolute Gasteiger partial charge is 0.496 e. The fraction of sp³-hybridized carbons (Fsp3) is 0.235. The van der Waals surface area contributed by atoms with Crippen molar-refractivity contribution in [2.45, 2.75) is 17.9 Å². The predicted molar refractivity (Wildman–Crippen MR) is 96.1 cm³/mol. The lowest BCUT2D eigenvalue weighted by Crippen LogP contribution is -2.26. The summed E-state index contributed by atoms with van der Waals surface area (Å²) in [5.41, 5.74) is 1.32. The van der Waals surface area contributed by atoms with Gasteiger partial charge < -0.3 is 10.1 Å². The molecule has 0 aliphatic carbocycles. The summed E-state index contributed by atoms with van der Waals surface area (Å²) in [7, 11) is -1.68. The lowest BCUT2D eigenvalue weighted by Gasteiger charge is -2.16. The van der Waals surface area contributed by atoms with E-state index in [1.807, 2.05) is 25.1 Å². The molecule has 0 spiro atoms. The number of halogens is 1. The number of sulfone groups is 1. The van der Waals surface area contributed by atoms with Crippen molar-refractivity contribution in [2.24, 2.45) is 0 Å². The van der Waals surface area contributed by atoms with E-state index in [0.29, 0.717) is 11.3 Å². The molecule has 0 aromatic heterocycles. The molecule has 0 aliphatic rings. The number of benzene rings is 2. The molecular formula is C17H18BrNO4S. The van der Waals surface area contributed by atoms with Gasteiger partial charge in [-0.3, -0.25) is 4.79 Å². The molecule has 0 radical (unpaired) electrons. The number of ether oxygens (including phenoxy) is 1. The zero-order chi connectivity index (χ0) is 17.9. The summed E-state index contributed by atoms with van der Waals surface area (Å²) in [6.07, 6.45) is 1.13. The van der Waals surface area contributed by atoms with Gasteiger partial charge in [0, 0.05) is 11.8 Å². The molecule has 1 amide bonds. The van der Waals surface area contributed by atoms with Gasteiger partial charge in [0.15, 0.2) is 9.84 Å². The summed E-state index contributed by atoms with van der Waals surface area (Å²) in [5.74, 6) is 0.447. The molecule has 0 saturated heterocycles. The van der Waals surface area contributed by atoms with Crippen LogP contribution in [0.4, 0.5) is 0 Å². The summed E-state index contributed by atoms with van der Waals surface area (Å²) >= 11 is 3.42. The molecule has 0 heterocycles. The highest BCUT2D eigenvalue weighted by Crippen LogP contribution is 2.28. The van der Waals surface area contributed by atoms with Crippen LogP contribution >= 0.6 is 15.9 Å². The summed E-state index contributed by atoms with van der Waals surface area (Å²) in [6.45, 7) is 1.87. The Morgan fingerprint density at radius 3 is 2.29 bits per heavy atom. The van der Waals surface area contributed by atoms with E-state index in [9.17, 15) is 13.2 Å². The lowest BCUT2D eigenvalue weighted by atomic mass is 10.1. The van der Waals surface area contributed by atoms with E-state index in [0.717, 1.165) is 16.3 Å². The Hall–Kier alpha value is -1.86. The van der Waals surface area contributed by atoms with Gasteiger partial charge in [-0.15, -0.1) is 0 Å². The number of methoxy groups -OCH3 is 1. The fourth-order valence-corrected chi connectivity index (χ4v) is 3.36. The Morgan fingerprint density at radius 2 is 1.79 bits per heavy atom. The normalized spacial score (nSPS) is 12.5. The molecule has 5 nitrogen and oxygen atoms in total. The SMILES string of the molecule is COc1ccc([C@H](C)NC(=O)c2ccc(S(C)(=O)=O)cc2)cc1Br. The van der Waals surface area contributed by atoms with Gasteiger partial charge in [0.25, 0.3) is 5.91 Å². The van der Waals surface area contributed by atoms with Crippen LogP contribution in [-0.2, 0) is 9.84 Å². The van der Waals surface area contributed by atoms with Crippen LogP contribution in [0.25, 0.3) is 0 Å². The van der Waals surface area contributed by atoms with E-state index in [1.54, 1.807) is 7.11 Å². The second-order valence-electron chi connectivity index (χ2n) is 5.39. The van der Waals surface area contributed by atoms with Crippen LogP contribution in [0.1, 0.15) is 28.9 Å². The molecule has 2 aromatic rings. The minimum Gasteiger partial charge on any atom is -0.496 e. The standard InChI is InChI=1S/C17H18BrNO4S/c1-11(13-6-9-16(23-2)15(18)10-13)19-17(20)12-4-7-14(8-5-12)24(3,21)22/h4-11H,1-3H3,(H,19,20)/t11-/m0/s1. The first-order valence-electron chi connectivity index (χ1n) is 7.17. The molecule has 0 bridgehead atoms. The number of carbonyl (C=O) groups is 1. The van der Waals surface area contributed by atoms with Crippen molar-refractivity contribution < 1.29 is 17.9 Å². The summed E-state index contributed by atoms with van der Waals surface area (Å²) in [6, 6.07) is 11.2. The molecule has 0 saturated carbocycles. The van der Waals surface area contributed by atoms with Crippen LogP contribution in [-0.4, -0.2) is 27.7 Å². The molecule has 1 N–H and O–H groups in total. The van der Waals surface area contributed by atoms with Crippen LogP contribution in [0.3, 0.4) is 0 Å². The maximum Gasteiger partial charge on any atom is 0.251 e. The van der Waals surface area contributed by atoms with Crippen molar-refractivity contribution >= 4 is 31.7 Å². The van der Waals surface area contributed by atoms with Gasteiger partial charge in [-0.25, -0.2) is 8.42 Å². The van der Waals surface area contributed by atoms with E-state index in [-0.39, 0.29) is 16.8 Å². The molecular weight excluding hydrogens is 394 g/mol. The van der Waals surface area contributed by atoms with Crippen molar-refractivity contribution in [1.29, 1.82) is 0 Å². The zero-order valence-electron chi connectivity index (χ0n) is 13.5. The fourth-order valence-electron chi connectivity index (χ4n) is 2.17. The smallest absolute Gasteiger partial charge is 0.251 e. The van der Waals surface area contributed by atoms with E-state index in [2.05, 4.69) is 21.2 Å². The highest BCUT2D eigenvalue weighted by molar-refractivity contribution is 9.10. The highest BCUT2D eigenvalue weighted by atomic mass is 79.9. The van der Waals surface area contributed by atoms with Gasteiger partial charge >= 0.3 is 0 Å². The zero-order valence-corrected chi connectivity index (χ0v) is 15.9. The Balaban J connectivity index is 2.12. The maximum atomic E-state index is 12.3. The van der Waals surface area contributed by atoms with Gasteiger partial charge in [-0.2, -0.15) is 0 Å². The Morgan fingerprint density at radius 1 is 1.17 bits per heavy atom. The topological polar surface area (TPSA) is 72.5 Å². The summed E-state index contributed by atoms with van der Waals surface area (Å²) < 4.78 is 28.9. The third kappa shape index (κ3) is 4.36. The van der Waals surface area contributed by atoms with Gasteiger partial charge in [0.1, 0.15) is 5.75 Å². The van der Waals surface area contributed by atoms with Crippen LogP contribution < -0.4 is 10.1 Å². The first kappa shape index (κ1) is 18.5. The van der Waals surface area contributed by atoms with Crippen LogP contribution in [0.5, 0.6) is 5.75 Å². The number of nitrogens with one attached hydrogen (secondary N) is 1. The second kappa shape index (κ2) is 7.36. The van der Waals surface area contributed by atoms with Crippen molar-refractivity contribution in [3.05, 3.63) is 58.1 Å². The monoisotopic (exact) mass is 411 g/mol. The van der Waals surface area contributed by atoms with E-state index in [4.69, 9.17) is 4.74 Å². The molecule has 2 rings (SSSR count). The van der Waals surface area contributed by atoms with E-state index in [1.165, 1.54) is 24.3 Å².